The molecule has 31 heavy (non-hydrogen) atoms. The van der Waals surface area contributed by atoms with Gasteiger partial charge >= 0.3 is 0 Å². The number of amides is 2. The van der Waals surface area contributed by atoms with Crippen LogP contribution in [0.25, 0.3) is 10.1 Å². The lowest BCUT2D eigenvalue weighted by atomic mass is 10.0. The van der Waals surface area contributed by atoms with Crippen LogP contribution in [0.1, 0.15) is 39.1 Å². The van der Waals surface area contributed by atoms with Crippen molar-refractivity contribution in [2.45, 2.75) is 19.8 Å². The van der Waals surface area contributed by atoms with Crippen molar-refractivity contribution < 1.29 is 9.59 Å². The van der Waals surface area contributed by atoms with Crippen molar-refractivity contribution in [1.29, 1.82) is 0 Å². The molecule has 0 spiro atoms. The number of fused-ring (bicyclic) bond motifs is 2. The number of carbonyl (C=O) groups is 2. The van der Waals surface area contributed by atoms with Gasteiger partial charge in [0.1, 0.15) is 5.82 Å². The summed E-state index contributed by atoms with van der Waals surface area (Å²) in [6.45, 7) is 7.36. The van der Waals surface area contributed by atoms with Crippen LogP contribution in [0.15, 0.2) is 42.5 Å². The summed E-state index contributed by atoms with van der Waals surface area (Å²) < 4.78 is 5.92. The van der Waals surface area contributed by atoms with Crippen LogP contribution in [-0.4, -0.2) is 65.3 Å². The van der Waals surface area contributed by atoms with Gasteiger partial charge in [0, 0.05) is 38.1 Å². The van der Waals surface area contributed by atoms with E-state index in [9.17, 15) is 9.59 Å². The van der Waals surface area contributed by atoms with Crippen molar-refractivity contribution in [2.24, 2.45) is 0 Å². The predicted molar refractivity (Wildman–Crippen MR) is 124 cm³/mol. The largest absolute Gasteiger partial charge is 0.353 e. The molecule has 0 unspecified atom stereocenters. The number of rotatable bonds is 6. The standard InChI is InChI=1S/C24H26N4O2S/c1-17-7-6-9-19-21(17)24(30)28(23(19)29)12-5-4-11-26-13-15-27(16-14-26)22-18-8-2-3-10-20(18)31-25-22/h2-3,6-10H,4-5,11-16H2,1H3. The number of piperazine rings is 1. The Morgan fingerprint density at radius 3 is 2.48 bits per heavy atom. The first-order chi connectivity index (χ1) is 15.1. The zero-order valence-corrected chi connectivity index (χ0v) is 18.5. The van der Waals surface area contributed by atoms with Crippen LogP contribution in [0.4, 0.5) is 5.82 Å². The molecule has 1 saturated heterocycles. The number of nitrogens with zero attached hydrogens (tertiary/aromatic N) is 4. The van der Waals surface area contributed by atoms with Gasteiger partial charge in [-0.2, -0.15) is 4.37 Å². The maximum absolute atomic E-state index is 12.6. The summed E-state index contributed by atoms with van der Waals surface area (Å²) in [6, 6.07) is 13.9. The van der Waals surface area contributed by atoms with Crippen molar-refractivity contribution in [1.82, 2.24) is 14.2 Å². The number of hydrogen-bond acceptors (Lipinski definition) is 6. The highest BCUT2D eigenvalue weighted by Gasteiger charge is 2.35. The Kier molecular flexibility index (Phi) is 5.46. The van der Waals surface area contributed by atoms with Crippen molar-refractivity contribution in [3.63, 3.8) is 0 Å². The lowest BCUT2D eigenvalue weighted by molar-refractivity contribution is 0.0650. The minimum Gasteiger partial charge on any atom is -0.353 e. The third-order valence-corrected chi connectivity index (χ3v) is 7.16. The van der Waals surface area contributed by atoms with Gasteiger partial charge in [-0.3, -0.25) is 19.4 Å². The maximum Gasteiger partial charge on any atom is 0.261 e. The summed E-state index contributed by atoms with van der Waals surface area (Å²) in [5, 5.41) is 1.25. The van der Waals surface area contributed by atoms with Gasteiger partial charge in [-0.25, -0.2) is 0 Å². The number of hydrogen-bond donors (Lipinski definition) is 0. The monoisotopic (exact) mass is 434 g/mol. The molecule has 3 aromatic rings. The number of anilines is 1. The molecular weight excluding hydrogens is 408 g/mol. The molecule has 2 aromatic carbocycles. The Morgan fingerprint density at radius 2 is 1.68 bits per heavy atom. The SMILES string of the molecule is Cc1cccc2c1C(=O)N(CCCCN1CCN(c3nsc4ccccc34)CC1)C2=O. The highest BCUT2D eigenvalue weighted by molar-refractivity contribution is 7.13. The Morgan fingerprint density at radius 1 is 0.903 bits per heavy atom. The average Bonchev–Trinajstić information content (AvgIpc) is 3.32. The van der Waals surface area contributed by atoms with Crippen molar-refractivity contribution >= 4 is 39.3 Å². The minimum atomic E-state index is -0.146. The Hall–Kier alpha value is -2.77. The molecular formula is C24H26N4O2S. The van der Waals surface area contributed by atoms with E-state index in [-0.39, 0.29) is 11.8 Å². The van der Waals surface area contributed by atoms with E-state index < -0.39 is 0 Å². The predicted octanol–water partition coefficient (Wildman–Crippen LogP) is 3.80. The van der Waals surface area contributed by atoms with Gasteiger partial charge in [-0.1, -0.05) is 24.3 Å². The molecule has 0 aliphatic carbocycles. The first-order valence-electron chi connectivity index (χ1n) is 10.9. The van der Waals surface area contributed by atoms with E-state index in [1.165, 1.54) is 15.0 Å². The van der Waals surface area contributed by atoms with Gasteiger partial charge in [-0.05, 0) is 61.6 Å². The van der Waals surface area contributed by atoms with Crippen molar-refractivity contribution in [3.05, 3.63) is 59.2 Å². The number of carbonyl (C=O) groups excluding carboxylic acids is 2. The number of imide groups is 1. The molecule has 0 N–H and O–H groups in total. The Balaban J connectivity index is 1.09. The molecule has 2 aliphatic rings. The first-order valence-corrected chi connectivity index (χ1v) is 11.7. The zero-order chi connectivity index (χ0) is 21.4. The van der Waals surface area contributed by atoms with Gasteiger partial charge in [0.05, 0.1) is 15.8 Å². The average molecular weight is 435 g/mol. The number of benzene rings is 2. The van der Waals surface area contributed by atoms with E-state index in [0.29, 0.717) is 17.7 Å². The molecule has 0 radical (unpaired) electrons. The van der Waals surface area contributed by atoms with Gasteiger partial charge < -0.3 is 4.90 Å². The molecule has 2 amide bonds. The second kappa shape index (κ2) is 8.40. The molecule has 6 nitrogen and oxygen atoms in total. The number of unbranched alkanes of at least 4 members (excludes halogenated alkanes) is 1. The molecule has 160 valence electrons. The number of aromatic nitrogens is 1. The van der Waals surface area contributed by atoms with Crippen molar-refractivity contribution in [3.8, 4) is 0 Å². The van der Waals surface area contributed by atoms with Crippen LogP contribution < -0.4 is 4.90 Å². The van der Waals surface area contributed by atoms with Crippen LogP contribution in [0.2, 0.25) is 0 Å². The smallest absolute Gasteiger partial charge is 0.261 e. The third kappa shape index (κ3) is 3.72. The molecule has 0 saturated carbocycles. The van der Waals surface area contributed by atoms with E-state index in [0.717, 1.165) is 56.9 Å². The first kappa shape index (κ1) is 20.2. The van der Waals surface area contributed by atoms with E-state index in [1.807, 2.05) is 19.1 Å². The van der Waals surface area contributed by atoms with Crippen LogP contribution in [0.3, 0.4) is 0 Å². The summed E-state index contributed by atoms with van der Waals surface area (Å²) in [7, 11) is 0. The molecule has 0 atom stereocenters. The molecule has 3 heterocycles. The van der Waals surface area contributed by atoms with Crippen LogP contribution >= 0.6 is 11.5 Å². The van der Waals surface area contributed by atoms with Gasteiger partial charge in [0.2, 0.25) is 0 Å². The maximum atomic E-state index is 12.6. The molecule has 2 aliphatic heterocycles. The van der Waals surface area contributed by atoms with Gasteiger partial charge in [-0.15, -0.1) is 0 Å². The second-order valence-corrected chi connectivity index (χ2v) is 9.10. The van der Waals surface area contributed by atoms with Crippen molar-refractivity contribution in [2.75, 3.05) is 44.2 Å². The number of aryl methyl sites for hydroxylation is 1. The van der Waals surface area contributed by atoms with Crippen LogP contribution in [0, 0.1) is 6.92 Å². The summed E-state index contributed by atoms with van der Waals surface area (Å²) in [6.07, 6.45) is 1.81. The molecule has 1 fully saturated rings. The van der Waals surface area contributed by atoms with Crippen LogP contribution in [0.5, 0.6) is 0 Å². The highest BCUT2D eigenvalue weighted by atomic mass is 32.1. The highest BCUT2D eigenvalue weighted by Crippen LogP contribution is 2.30. The summed E-state index contributed by atoms with van der Waals surface area (Å²) in [5.41, 5.74) is 2.01. The van der Waals surface area contributed by atoms with E-state index in [1.54, 1.807) is 17.6 Å². The minimum absolute atomic E-state index is 0.137. The zero-order valence-electron chi connectivity index (χ0n) is 17.7. The molecule has 5 rings (SSSR count). The lowest BCUT2D eigenvalue weighted by Gasteiger charge is -2.35. The third-order valence-electron chi connectivity index (χ3n) is 6.34. The fourth-order valence-electron chi connectivity index (χ4n) is 4.59. The summed E-state index contributed by atoms with van der Waals surface area (Å²) in [4.78, 5) is 31.5. The van der Waals surface area contributed by atoms with E-state index in [4.69, 9.17) is 0 Å². The van der Waals surface area contributed by atoms with E-state index >= 15 is 0 Å². The van der Waals surface area contributed by atoms with Gasteiger partial charge in [0.15, 0.2) is 0 Å². The molecule has 0 bridgehead atoms. The summed E-state index contributed by atoms with van der Waals surface area (Å²) in [5.74, 6) is 0.830. The topological polar surface area (TPSA) is 56.8 Å². The fourth-order valence-corrected chi connectivity index (χ4v) is 5.39. The van der Waals surface area contributed by atoms with Gasteiger partial charge in [0.25, 0.3) is 11.8 Å². The summed E-state index contributed by atoms with van der Waals surface area (Å²) >= 11 is 1.57. The lowest BCUT2D eigenvalue weighted by Crippen LogP contribution is -2.46. The normalized spacial score (nSPS) is 17.1. The van der Waals surface area contributed by atoms with E-state index in [2.05, 4.69) is 38.4 Å². The quantitative estimate of drug-likeness (QED) is 0.436. The van der Waals surface area contributed by atoms with Crippen LogP contribution in [-0.2, 0) is 0 Å². The second-order valence-electron chi connectivity index (χ2n) is 8.30. The Labute approximate surface area is 186 Å². The Bertz CT molecular complexity index is 1130. The molecule has 1 aromatic heterocycles. The molecule has 7 heteroatoms. The fraction of sp³-hybridized carbons (Fsp3) is 0.375.